The molecule has 2 aliphatic carbocycles. The second-order valence-corrected chi connectivity index (χ2v) is 6.48. The minimum absolute atomic E-state index is 0.182. The molecule has 0 bridgehead atoms. The van der Waals surface area contributed by atoms with E-state index in [9.17, 15) is 19.2 Å². The molecule has 0 aromatic rings. The molecule has 0 aromatic heterocycles. The van der Waals surface area contributed by atoms with E-state index in [0.717, 1.165) is 19.3 Å². The Kier molecular flexibility index (Phi) is 3.55. The van der Waals surface area contributed by atoms with Crippen molar-refractivity contribution in [3.8, 4) is 0 Å². The fourth-order valence-electron chi connectivity index (χ4n) is 4.21. The maximum atomic E-state index is 11.7. The van der Waals surface area contributed by atoms with E-state index >= 15 is 0 Å². The van der Waals surface area contributed by atoms with Crippen molar-refractivity contribution in [1.82, 2.24) is 0 Å². The second kappa shape index (κ2) is 5.24. The van der Waals surface area contributed by atoms with E-state index in [1.807, 2.05) is 6.92 Å². The summed E-state index contributed by atoms with van der Waals surface area (Å²) >= 11 is 0. The highest BCUT2D eigenvalue weighted by Crippen LogP contribution is 2.51. The van der Waals surface area contributed by atoms with Gasteiger partial charge in [-0.05, 0) is 43.4 Å². The molecule has 6 atom stereocenters. The number of carbonyl (C=O) groups excluding carboxylic acids is 4. The maximum Gasteiger partial charge on any atom is 0.317 e. The molecule has 3 aliphatic rings. The van der Waals surface area contributed by atoms with Crippen molar-refractivity contribution < 1.29 is 28.7 Å². The van der Waals surface area contributed by atoms with Crippen LogP contribution in [0.4, 0.5) is 0 Å². The van der Waals surface area contributed by atoms with Crippen molar-refractivity contribution in [2.45, 2.75) is 32.6 Å². The normalized spacial score (nSPS) is 40.6. The van der Waals surface area contributed by atoms with E-state index in [4.69, 9.17) is 0 Å². The molecule has 0 spiro atoms. The third-order valence-corrected chi connectivity index (χ3v) is 5.41. The lowest BCUT2D eigenvalue weighted by atomic mass is 9.60. The fraction of sp³-hybridized carbons (Fsp3) is 0.733. The minimum Gasteiger partial charge on any atom is -0.395 e. The summed E-state index contributed by atoms with van der Waals surface area (Å²) in [5, 5.41) is 0. The average molecular weight is 294 g/mol. The molecule has 1 heterocycles. The van der Waals surface area contributed by atoms with E-state index in [1.54, 1.807) is 0 Å². The van der Waals surface area contributed by atoms with Crippen LogP contribution in [0.3, 0.4) is 0 Å². The highest BCUT2D eigenvalue weighted by Gasteiger charge is 2.56. The molecule has 0 radical (unpaired) electrons. The molecular formula is C15H18O6. The summed E-state index contributed by atoms with van der Waals surface area (Å²) in [5.41, 5.74) is 0. The van der Waals surface area contributed by atoms with E-state index in [-0.39, 0.29) is 53.9 Å². The van der Waals surface area contributed by atoms with Crippen LogP contribution < -0.4 is 0 Å². The molecule has 6 nitrogen and oxygen atoms in total. The lowest BCUT2D eigenvalue weighted by Crippen LogP contribution is -2.43. The highest BCUT2D eigenvalue weighted by molar-refractivity contribution is 5.98. The van der Waals surface area contributed by atoms with Gasteiger partial charge in [0, 0.05) is 0 Å². The Morgan fingerprint density at radius 1 is 1.24 bits per heavy atom. The molecule has 114 valence electrons. The first-order valence-corrected chi connectivity index (χ1v) is 7.42. The Bertz CT molecular complexity index is 498. The van der Waals surface area contributed by atoms with Crippen LogP contribution in [-0.4, -0.2) is 24.4 Å². The van der Waals surface area contributed by atoms with Crippen LogP contribution in [0.25, 0.3) is 0 Å². The number of esters is 3. The van der Waals surface area contributed by atoms with Crippen molar-refractivity contribution >= 4 is 24.4 Å². The molecule has 0 aromatic carbocycles. The van der Waals surface area contributed by atoms with Gasteiger partial charge in [-0.2, -0.15) is 0 Å². The van der Waals surface area contributed by atoms with Gasteiger partial charge in [0.1, 0.15) is 0 Å². The first-order chi connectivity index (χ1) is 10.0. The van der Waals surface area contributed by atoms with E-state index < -0.39 is 5.97 Å². The van der Waals surface area contributed by atoms with Crippen LogP contribution in [0.15, 0.2) is 0 Å². The Labute approximate surface area is 122 Å². The summed E-state index contributed by atoms with van der Waals surface area (Å²) in [6.45, 7) is 2.15. The van der Waals surface area contributed by atoms with E-state index in [2.05, 4.69) is 9.47 Å². The van der Waals surface area contributed by atoms with Gasteiger partial charge in [0.25, 0.3) is 0 Å². The smallest absolute Gasteiger partial charge is 0.317 e. The Morgan fingerprint density at radius 3 is 2.57 bits per heavy atom. The van der Waals surface area contributed by atoms with Gasteiger partial charge in [0.05, 0.1) is 17.8 Å². The van der Waals surface area contributed by atoms with Gasteiger partial charge < -0.3 is 9.47 Å². The number of cyclic esters (lactones) is 2. The summed E-state index contributed by atoms with van der Waals surface area (Å²) in [6, 6.07) is 0. The Morgan fingerprint density at radius 2 is 1.95 bits per heavy atom. The largest absolute Gasteiger partial charge is 0.395 e. The highest BCUT2D eigenvalue weighted by atomic mass is 16.6. The van der Waals surface area contributed by atoms with Crippen LogP contribution in [-0.2, 0) is 28.7 Å². The third-order valence-electron chi connectivity index (χ3n) is 5.41. The number of carbonyl (C=O) groups is 4. The first kappa shape index (κ1) is 14.2. The van der Waals surface area contributed by atoms with Gasteiger partial charge in [-0.25, -0.2) is 0 Å². The van der Waals surface area contributed by atoms with Crippen LogP contribution in [0, 0.1) is 35.5 Å². The average Bonchev–Trinajstić information content (AvgIpc) is 2.56. The predicted molar refractivity (Wildman–Crippen MR) is 68.3 cm³/mol. The maximum absolute atomic E-state index is 11.7. The van der Waals surface area contributed by atoms with Crippen molar-refractivity contribution in [3.05, 3.63) is 0 Å². The van der Waals surface area contributed by atoms with E-state index in [1.165, 1.54) is 0 Å². The molecule has 3 rings (SSSR count). The van der Waals surface area contributed by atoms with Gasteiger partial charge >= 0.3 is 24.4 Å². The Hall–Kier alpha value is -1.72. The zero-order valence-electron chi connectivity index (χ0n) is 11.8. The molecule has 0 amide bonds. The molecule has 1 saturated heterocycles. The number of ether oxygens (including phenoxy) is 2. The molecule has 6 heteroatoms. The molecule has 2 saturated carbocycles. The van der Waals surface area contributed by atoms with Crippen LogP contribution in [0.1, 0.15) is 32.6 Å². The lowest BCUT2D eigenvalue weighted by Gasteiger charge is -2.43. The van der Waals surface area contributed by atoms with Gasteiger partial charge in [0.2, 0.25) is 0 Å². The predicted octanol–water partition coefficient (Wildman–Crippen LogP) is 1.07. The fourth-order valence-corrected chi connectivity index (χ4v) is 4.21. The number of hydrogen-bond acceptors (Lipinski definition) is 6. The van der Waals surface area contributed by atoms with Crippen LogP contribution in [0.2, 0.25) is 0 Å². The summed E-state index contributed by atoms with van der Waals surface area (Å²) in [7, 11) is 0. The van der Waals surface area contributed by atoms with Gasteiger partial charge in [0.15, 0.2) is 0 Å². The van der Waals surface area contributed by atoms with Crippen LogP contribution in [0.5, 0.6) is 0 Å². The number of fused-ring (bicyclic) bond motifs is 1. The zero-order chi connectivity index (χ0) is 15.1. The second-order valence-electron chi connectivity index (χ2n) is 6.48. The summed E-state index contributed by atoms with van der Waals surface area (Å²) < 4.78 is 9.10. The van der Waals surface area contributed by atoms with E-state index in [0.29, 0.717) is 6.42 Å². The molecule has 6 unspecified atom stereocenters. The Balaban J connectivity index is 1.50. The quantitative estimate of drug-likeness (QED) is 0.428. The summed E-state index contributed by atoms with van der Waals surface area (Å²) in [6.07, 6.45) is 3.27. The molecule has 3 fully saturated rings. The molecule has 1 aliphatic heterocycles. The molecule has 0 N–H and O–H groups in total. The number of rotatable bonds is 5. The van der Waals surface area contributed by atoms with Crippen LogP contribution >= 0.6 is 0 Å². The van der Waals surface area contributed by atoms with Gasteiger partial charge in [-0.15, -0.1) is 0 Å². The summed E-state index contributed by atoms with van der Waals surface area (Å²) in [4.78, 5) is 44.8. The standard InChI is InChI=1S/C15H18O6/c1-7-4-8(11(7)14(18)20-6-16)2-3-9-5-10-12(9)15(19)21-13(10)17/h6-12H,2-5H2,1H3. The topological polar surface area (TPSA) is 86.7 Å². The SMILES string of the molecule is CC1CC(CCC2CC3C(=O)OC(=O)C23)C1C(=O)OC=O. The number of hydrogen-bond donors (Lipinski definition) is 0. The lowest BCUT2D eigenvalue weighted by molar-refractivity contribution is -0.163. The van der Waals surface area contributed by atoms with Crippen molar-refractivity contribution in [3.63, 3.8) is 0 Å². The van der Waals surface area contributed by atoms with Gasteiger partial charge in [-0.1, -0.05) is 6.92 Å². The van der Waals surface area contributed by atoms with Crippen molar-refractivity contribution in [2.75, 3.05) is 0 Å². The molecule has 21 heavy (non-hydrogen) atoms. The third kappa shape index (κ3) is 2.26. The minimum atomic E-state index is -0.448. The zero-order valence-corrected chi connectivity index (χ0v) is 11.8. The van der Waals surface area contributed by atoms with Crippen molar-refractivity contribution in [1.29, 1.82) is 0 Å². The molecular weight excluding hydrogens is 276 g/mol. The summed E-state index contributed by atoms with van der Waals surface area (Å²) in [5.74, 6) is -1.32. The van der Waals surface area contributed by atoms with Crippen molar-refractivity contribution in [2.24, 2.45) is 35.5 Å². The monoisotopic (exact) mass is 294 g/mol. The van der Waals surface area contributed by atoms with Gasteiger partial charge in [-0.3, -0.25) is 19.2 Å². The first-order valence-electron chi connectivity index (χ1n) is 7.42.